The van der Waals surface area contributed by atoms with Crippen LogP contribution < -0.4 is 15.2 Å². The SMILES string of the molecule is COc1cc(CCCCN)c(Cl)c2c1OCC2. The van der Waals surface area contributed by atoms with Gasteiger partial charge in [0.25, 0.3) is 0 Å². The monoisotopic (exact) mass is 255 g/mol. The van der Waals surface area contributed by atoms with Gasteiger partial charge in [-0.05, 0) is 37.4 Å². The number of hydrogen-bond donors (Lipinski definition) is 1. The lowest BCUT2D eigenvalue weighted by molar-refractivity contribution is 0.326. The molecule has 0 fully saturated rings. The largest absolute Gasteiger partial charge is 0.493 e. The van der Waals surface area contributed by atoms with E-state index >= 15 is 0 Å². The van der Waals surface area contributed by atoms with E-state index in [1.54, 1.807) is 7.11 Å². The quantitative estimate of drug-likeness (QED) is 0.823. The van der Waals surface area contributed by atoms with E-state index in [0.717, 1.165) is 59.9 Å². The van der Waals surface area contributed by atoms with Crippen LogP contribution in [-0.4, -0.2) is 20.3 Å². The number of benzene rings is 1. The van der Waals surface area contributed by atoms with E-state index in [1.807, 2.05) is 6.07 Å². The number of halogens is 1. The molecule has 0 bridgehead atoms. The van der Waals surface area contributed by atoms with Crippen LogP contribution in [0.25, 0.3) is 0 Å². The van der Waals surface area contributed by atoms with Crippen molar-refractivity contribution >= 4 is 11.6 Å². The molecule has 0 saturated heterocycles. The van der Waals surface area contributed by atoms with Gasteiger partial charge in [-0.3, -0.25) is 0 Å². The Labute approximate surface area is 107 Å². The summed E-state index contributed by atoms with van der Waals surface area (Å²) in [5, 5.41) is 0.843. The Balaban J connectivity index is 2.27. The summed E-state index contributed by atoms with van der Waals surface area (Å²) in [6, 6.07) is 1.99. The second kappa shape index (κ2) is 5.61. The van der Waals surface area contributed by atoms with E-state index in [1.165, 1.54) is 0 Å². The van der Waals surface area contributed by atoms with Crippen LogP contribution in [0.5, 0.6) is 11.5 Å². The molecule has 3 nitrogen and oxygen atoms in total. The van der Waals surface area contributed by atoms with Gasteiger partial charge in [0.05, 0.1) is 18.7 Å². The van der Waals surface area contributed by atoms with E-state index in [2.05, 4.69) is 0 Å². The van der Waals surface area contributed by atoms with E-state index in [0.29, 0.717) is 6.61 Å². The molecule has 1 aliphatic rings. The highest BCUT2D eigenvalue weighted by Gasteiger charge is 2.22. The Morgan fingerprint density at radius 3 is 3.00 bits per heavy atom. The normalized spacial score (nSPS) is 13.4. The predicted molar refractivity (Wildman–Crippen MR) is 69.2 cm³/mol. The molecule has 0 amide bonds. The second-order valence-corrected chi connectivity index (χ2v) is 4.58. The molecule has 2 N–H and O–H groups in total. The summed E-state index contributed by atoms with van der Waals surface area (Å²) in [6.45, 7) is 1.42. The lowest BCUT2D eigenvalue weighted by Crippen LogP contribution is -2.00. The first-order chi connectivity index (χ1) is 8.27. The number of nitrogens with two attached hydrogens (primary N) is 1. The molecule has 0 spiro atoms. The van der Waals surface area contributed by atoms with E-state index in [4.69, 9.17) is 26.8 Å². The number of ether oxygens (including phenoxy) is 2. The fourth-order valence-electron chi connectivity index (χ4n) is 2.16. The van der Waals surface area contributed by atoms with E-state index < -0.39 is 0 Å². The van der Waals surface area contributed by atoms with Crippen molar-refractivity contribution in [1.82, 2.24) is 0 Å². The van der Waals surface area contributed by atoms with Crippen LogP contribution in [0.15, 0.2) is 6.07 Å². The molecule has 1 aromatic carbocycles. The van der Waals surface area contributed by atoms with Crippen LogP contribution in [-0.2, 0) is 12.8 Å². The minimum atomic E-state index is 0.692. The number of rotatable bonds is 5. The molecular formula is C13H18ClNO2. The van der Waals surface area contributed by atoms with Crippen molar-refractivity contribution in [3.63, 3.8) is 0 Å². The van der Waals surface area contributed by atoms with Crippen molar-refractivity contribution in [1.29, 1.82) is 0 Å². The third-order valence-corrected chi connectivity index (χ3v) is 3.54. The van der Waals surface area contributed by atoms with Gasteiger partial charge in [0.2, 0.25) is 0 Å². The summed E-state index contributed by atoms with van der Waals surface area (Å²) in [6.07, 6.45) is 3.89. The van der Waals surface area contributed by atoms with Crippen LogP contribution in [0.4, 0.5) is 0 Å². The van der Waals surface area contributed by atoms with Gasteiger partial charge in [0.1, 0.15) is 0 Å². The van der Waals surface area contributed by atoms with Crippen LogP contribution in [0.3, 0.4) is 0 Å². The lowest BCUT2D eigenvalue weighted by Gasteiger charge is -2.12. The Bertz CT molecular complexity index is 407. The van der Waals surface area contributed by atoms with Crippen molar-refractivity contribution in [3.8, 4) is 11.5 Å². The number of methoxy groups -OCH3 is 1. The summed E-state index contributed by atoms with van der Waals surface area (Å²) < 4.78 is 10.9. The van der Waals surface area contributed by atoms with Crippen molar-refractivity contribution in [3.05, 3.63) is 22.2 Å². The highest BCUT2D eigenvalue weighted by Crippen LogP contribution is 2.42. The summed E-state index contributed by atoms with van der Waals surface area (Å²) in [7, 11) is 1.66. The average Bonchev–Trinajstić information content (AvgIpc) is 2.82. The van der Waals surface area contributed by atoms with Gasteiger partial charge in [0.15, 0.2) is 11.5 Å². The molecule has 0 saturated carbocycles. The zero-order valence-electron chi connectivity index (χ0n) is 10.1. The standard InChI is InChI=1S/C13H18ClNO2/c1-16-11-8-9(4-2-3-6-15)12(14)10-5-7-17-13(10)11/h8H,2-7,15H2,1H3. The highest BCUT2D eigenvalue weighted by atomic mass is 35.5. The van der Waals surface area contributed by atoms with Crippen LogP contribution in [0.1, 0.15) is 24.0 Å². The third kappa shape index (κ3) is 2.50. The fraction of sp³-hybridized carbons (Fsp3) is 0.538. The van der Waals surface area contributed by atoms with E-state index in [9.17, 15) is 0 Å². The van der Waals surface area contributed by atoms with Crippen molar-refractivity contribution in [2.45, 2.75) is 25.7 Å². The summed E-state index contributed by atoms with van der Waals surface area (Å²) >= 11 is 6.40. The maximum absolute atomic E-state index is 6.40. The van der Waals surface area contributed by atoms with Crippen LogP contribution in [0.2, 0.25) is 5.02 Å². The molecule has 0 unspecified atom stereocenters. The van der Waals surface area contributed by atoms with Gasteiger partial charge >= 0.3 is 0 Å². The molecular weight excluding hydrogens is 238 g/mol. The number of unbranched alkanes of at least 4 members (excludes halogenated alkanes) is 1. The molecule has 1 heterocycles. The second-order valence-electron chi connectivity index (χ2n) is 4.20. The summed E-state index contributed by atoms with van der Waals surface area (Å²) in [5.41, 5.74) is 7.73. The van der Waals surface area contributed by atoms with Gasteiger partial charge in [-0.1, -0.05) is 11.6 Å². The van der Waals surface area contributed by atoms with Crippen molar-refractivity contribution in [2.75, 3.05) is 20.3 Å². The number of fused-ring (bicyclic) bond motifs is 1. The smallest absolute Gasteiger partial charge is 0.165 e. The Morgan fingerprint density at radius 2 is 2.29 bits per heavy atom. The van der Waals surface area contributed by atoms with Gasteiger partial charge < -0.3 is 15.2 Å². The Hall–Kier alpha value is -0.930. The molecule has 0 aromatic heterocycles. The minimum absolute atomic E-state index is 0.692. The highest BCUT2D eigenvalue weighted by molar-refractivity contribution is 6.32. The molecule has 0 radical (unpaired) electrons. The predicted octanol–water partition coefficient (Wildman–Crippen LogP) is 2.56. The zero-order chi connectivity index (χ0) is 12.3. The van der Waals surface area contributed by atoms with Gasteiger partial charge in [-0.15, -0.1) is 0 Å². The Morgan fingerprint density at radius 1 is 1.47 bits per heavy atom. The topological polar surface area (TPSA) is 44.5 Å². The number of hydrogen-bond acceptors (Lipinski definition) is 3. The summed E-state index contributed by atoms with van der Waals surface area (Å²) in [5.74, 6) is 1.62. The van der Waals surface area contributed by atoms with Gasteiger partial charge in [-0.2, -0.15) is 0 Å². The molecule has 1 aliphatic heterocycles. The lowest BCUT2D eigenvalue weighted by atomic mass is 10.0. The molecule has 2 rings (SSSR count). The molecule has 94 valence electrons. The molecule has 17 heavy (non-hydrogen) atoms. The fourth-order valence-corrected chi connectivity index (χ4v) is 2.49. The minimum Gasteiger partial charge on any atom is -0.493 e. The maximum atomic E-state index is 6.40. The van der Waals surface area contributed by atoms with Crippen molar-refractivity contribution < 1.29 is 9.47 Å². The third-order valence-electron chi connectivity index (χ3n) is 3.07. The summed E-state index contributed by atoms with van der Waals surface area (Å²) in [4.78, 5) is 0. The first-order valence-electron chi connectivity index (χ1n) is 5.99. The molecule has 1 aromatic rings. The first kappa shape index (κ1) is 12.5. The maximum Gasteiger partial charge on any atom is 0.165 e. The first-order valence-corrected chi connectivity index (χ1v) is 6.36. The number of aryl methyl sites for hydroxylation is 1. The molecule has 4 heteroatoms. The molecule has 0 aliphatic carbocycles. The van der Waals surface area contributed by atoms with Crippen LogP contribution in [0, 0.1) is 0 Å². The van der Waals surface area contributed by atoms with Crippen molar-refractivity contribution in [2.24, 2.45) is 5.73 Å². The zero-order valence-corrected chi connectivity index (χ0v) is 10.8. The van der Waals surface area contributed by atoms with Crippen LogP contribution >= 0.6 is 11.6 Å². The van der Waals surface area contributed by atoms with E-state index in [-0.39, 0.29) is 0 Å². The Kier molecular flexibility index (Phi) is 4.13. The van der Waals surface area contributed by atoms with Gasteiger partial charge in [-0.25, -0.2) is 0 Å². The molecule has 0 atom stereocenters. The van der Waals surface area contributed by atoms with Gasteiger partial charge in [0, 0.05) is 12.0 Å². The average molecular weight is 256 g/mol.